The smallest absolute Gasteiger partial charge is 0.155 e. The van der Waals surface area contributed by atoms with Crippen LogP contribution in [0.5, 0.6) is 0 Å². The lowest BCUT2D eigenvalue weighted by atomic mass is 10.0. The Morgan fingerprint density at radius 1 is 0.968 bits per heavy atom. The Balaban J connectivity index is 1.82. The summed E-state index contributed by atoms with van der Waals surface area (Å²) >= 11 is 3.59. The molecule has 2 heterocycles. The Bertz CT molecular complexity index is 1420. The third-order valence-electron chi connectivity index (χ3n) is 5.42. The van der Waals surface area contributed by atoms with Crippen molar-refractivity contribution in [1.82, 2.24) is 9.97 Å². The Labute approximate surface area is 188 Å². The average Bonchev–Trinajstić information content (AvgIpc) is 2.79. The van der Waals surface area contributed by atoms with Crippen LogP contribution in [0.25, 0.3) is 33.3 Å². The quantitative estimate of drug-likeness (QED) is 0.226. The number of pyridine rings is 1. The molecule has 1 aliphatic carbocycles. The molecule has 0 atom stereocenters. The van der Waals surface area contributed by atoms with E-state index in [0.29, 0.717) is 11.6 Å². The number of nitrogens with zero attached hydrogens (tertiary/aromatic N) is 4. The summed E-state index contributed by atoms with van der Waals surface area (Å²) in [5, 5.41) is 2.79. The minimum atomic E-state index is 0.653. The first kappa shape index (κ1) is 19.7. The fourth-order valence-electron chi connectivity index (χ4n) is 3.87. The number of benzene rings is 3. The molecule has 31 heavy (non-hydrogen) atoms. The van der Waals surface area contributed by atoms with E-state index in [1.165, 1.54) is 0 Å². The number of hydrogen-bond acceptors (Lipinski definition) is 5. The number of rotatable bonds is 4. The van der Waals surface area contributed by atoms with Gasteiger partial charge in [0.15, 0.2) is 17.2 Å². The molecule has 6 heteroatoms. The van der Waals surface area contributed by atoms with Crippen molar-refractivity contribution in [3.63, 3.8) is 0 Å². The van der Waals surface area contributed by atoms with E-state index in [1.807, 2.05) is 36.4 Å². The zero-order valence-electron chi connectivity index (χ0n) is 17.3. The van der Waals surface area contributed by atoms with Crippen LogP contribution < -0.4 is 10.3 Å². The maximum absolute atomic E-state index is 6.36. The Morgan fingerprint density at radius 2 is 1.84 bits per heavy atom. The zero-order chi connectivity index (χ0) is 21.4. The molecular formula is C25H21BrN4O. The average molecular weight is 473 g/mol. The van der Waals surface area contributed by atoms with E-state index in [0.717, 1.165) is 56.2 Å². The molecule has 0 radical (unpaired) electrons. The molecule has 0 N–H and O–H groups in total. The van der Waals surface area contributed by atoms with Crippen LogP contribution in [0, 0.1) is 0 Å². The van der Waals surface area contributed by atoms with Crippen LogP contribution >= 0.6 is 15.9 Å². The molecule has 3 aromatic rings. The van der Waals surface area contributed by atoms with Gasteiger partial charge in [-0.25, -0.2) is 15.0 Å². The second kappa shape index (κ2) is 8.12. The van der Waals surface area contributed by atoms with Crippen LogP contribution in [0.1, 0.15) is 13.8 Å². The van der Waals surface area contributed by atoms with Crippen molar-refractivity contribution in [3.05, 3.63) is 76.7 Å². The van der Waals surface area contributed by atoms with E-state index in [2.05, 4.69) is 63.9 Å². The summed E-state index contributed by atoms with van der Waals surface area (Å²) in [6, 6.07) is 20.0. The molecule has 0 spiro atoms. The first-order chi connectivity index (χ1) is 15.2. The normalized spacial score (nSPS) is 12.2. The van der Waals surface area contributed by atoms with E-state index >= 15 is 0 Å². The summed E-state index contributed by atoms with van der Waals surface area (Å²) < 4.78 is 7.35. The van der Waals surface area contributed by atoms with Gasteiger partial charge in [-0.15, -0.1) is 0 Å². The van der Waals surface area contributed by atoms with Crippen molar-refractivity contribution in [1.29, 1.82) is 0 Å². The predicted octanol–water partition coefficient (Wildman–Crippen LogP) is 6.32. The molecule has 2 aromatic carbocycles. The fraction of sp³-hybridized carbons (Fsp3) is 0.160. The van der Waals surface area contributed by atoms with Crippen LogP contribution in [-0.4, -0.2) is 23.1 Å². The summed E-state index contributed by atoms with van der Waals surface area (Å²) in [7, 11) is 0. The molecular weight excluding hydrogens is 452 g/mol. The van der Waals surface area contributed by atoms with Gasteiger partial charge >= 0.3 is 0 Å². The van der Waals surface area contributed by atoms with E-state index in [-0.39, 0.29) is 0 Å². The highest BCUT2D eigenvalue weighted by Crippen LogP contribution is 2.33. The molecule has 1 aromatic heterocycles. The van der Waals surface area contributed by atoms with Crippen molar-refractivity contribution in [3.8, 4) is 11.5 Å². The van der Waals surface area contributed by atoms with Gasteiger partial charge < -0.3 is 9.32 Å². The Kier molecular flexibility index (Phi) is 5.16. The van der Waals surface area contributed by atoms with Gasteiger partial charge in [0.25, 0.3) is 0 Å². The minimum Gasteiger partial charge on any atom is -0.453 e. The summed E-state index contributed by atoms with van der Waals surface area (Å²) in [4.78, 5) is 16.4. The lowest BCUT2D eigenvalue weighted by molar-refractivity contribution is 0.613. The molecule has 0 unspecified atom stereocenters. The van der Waals surface area contributed by atoms with Gasteiger partial charge in [-0.1, -0.05) is 28.1 Å². The van der Waals surface area contributed by atoms with E-state index in [1.54, 1.807) is 6.20 Å². The number of fused-ring (bicyclic) bond motifs is 4. The maximum atomic E-state index is 6.36. The molecule has 154 valence electrons. The van der Waals surface area contributed by atoms with Crippen LogP contribution in [0.2, 0.25) is 0 Å². The molecule has 5 nitrogen and oxygen atoms in total. The standard InChI is InChI=1S/C25H21BrN4O/c1-3-30(4-2)17-9-11-20-22(14-17)31-23-15-21(28-24-7-5-6-12-27-24)19-13-16(26)8-10-18(19)25(23)29-20/h5-15H,3-4H2,1-2H3/b28-21-. The Morgan fingerprint density at radius 3 is 2.61 bits per heavy atom. The second-order valence-electron chi connectivity index (χ2n) is 7.27. The largest absolute Gasteiger partial charge is 0.453 e. The second-order valence-corrected chi connectivity index (χ2v) is 8.19. The van der Waals surface area contributed by atoms with Gasteiger partial charge in [0.2, 0.25) is 0 Å². The molecule has 1 aliphatic heterocycles. The summed E-state index contributed by atoms with van der Waals surface area (Å²) in [5.74, 6) is 1.36. The third kappa shape index (κ3) is 3.68. The maximum Gasteiger partial charge on any atom is 0.155 e. The van der Waals surface area contributed by atoms with Crippen LogP contribution in [0.3, 0.4) is 0 Å². The van der Waals surface area contributed by atoms with Crippen LogP contribution in [-0.2, 0) is 0 Å². The van der Waals surface area contributed by atoms with Crippen molar-refractivity contribution in [2.45, 2.75) is 13.8 Å². The number of aromatic nitrogens is 2. The summed E-state index contributed by atoms with van der Waals surface area (Å²) in [5.41, 5.74) is 3.55. The number of halogens is 1. The highest BCUT2D eigenvalue weighted by atomic mass is 79.9. The SMILES string of the molecule is CCN(CC)c1ccc2nc3c4ccc(Br)cc4/c(=N\c4ccccn4)cc-3oc2c1. The molecule has 0 saturated carbocycles. The van der Waals surface area contributed by atoms with Crippen molar-refractivity contribution < 1.29 is 4.42 Å². The van der Waals surface area contributed by atoms with E-state index < -0.39 is 0 Å². The van der Waals surface area contributed by atoms with Crippen molar-refractivity contribution >= 4 is 49.3 Å². The lowest BCUT2D eigenvalue weighted by Crippen LogP contribution is -2.21. The minimum absolute atomic E-state index is 0.653. The number of hydrogen-bond donors (Lipinski definition) is 0. The van der Waals surface area contributed by atoms with Gasteiger partial charge in [-0.2, -0.15) is 0 Å². The van der Waals surface area contributed by atoms with Gasteiger partial charge in [-0.05, 0) is 50.2 Å². The molecule has 5 rings (SSSR count). The van der Waals surface area contributed by atoms with Gasteiger partial charge in [0.05, 0.1) is 5.36 Å². The van der Waals surface area contributed by atoms with Crippen LogP contribution in [0.15, 0.2) is 80.7 Å². The highest BCUT2D eigenvalue weighted by Gasteiger charge is 2.16. The summed E-state index contributed by atoms with van der Waals surface area (Å²) in [6.07, 6.45) is 1.74. The first-order valence-electron chi connectivity index (χ1n) is 10.3. The van der Waals surface area contributed by atoms with Gasteiger partial charge in [0.1, 0.15) is 11.2 Å². The van der Waals surface area contributed by atoms with Gasteiger partial charge in [0, 0.05) is 52.4 Å². The molecule has 0 bridgehead atoms. The number of anilines is 1. The van der Waals surface area contributed by atoms with E-state index in [4.69, 9.17) is 14.4 Å². The third-order valence-corrected chi connectivity index (χ3v) is 5.92. The topological polar surface area (TPSA) is 54.5 Å². The highest BCUT2D eigenvalue weighted by molar-refractivity contribution is 9.10. The molecule has 0 fully saturated rings. The first-order valence-corrected chi connectivity index (χ1v) is 11.1. The monoisotopic (exact) mass is 472 g/mol. The zero-order valence-corrected chi connectivity index (χ0v) is 18.9. The fourth-order valence-corrected chi connectivity index (χ4v) is 4.23. The van der Waals surface area contributed by atoms with Crippen LogP contribution in [0.4, 0.5) is 11.5 Å². The summed E-state index contributed by atoms with van der Waals surface area (Å²) in [6.45, 7) is 6.18. The molecule has 0 amide bonds. The predicted molar refractivity (Wildman–Crippen MR) is 129 cm³/mol. The molecule has 2 aliphatic rings. The van der Waals surface area contributed by atoms with Crippen molar-refractivity contribution in [2.75, 3.05) is 18.0 Å². The lowest BCUT2D eigenvalue weighted by Gasteiger charge is -2.21. The molecule has 0 saturated heterocycles. The van der Waals surface area contributed by atoms with E-state index in [9.17, 15) is 0 Å². The van der Waals surface area contributed by atoms with Gasteiger partial charge in [-0.3, -0.25) is 0 Å². The van der Waals surface area contributed by atoms with Crippen molar-refractivity contribution in [2.24, 2.45) is 4.99 Å². The Hall–Kier alpha value is -3.25.